The number of phenolic OH excluding ortho intramolecular Hbond substituents is 2. The molecule has 5 heteroatoms. The molecule has 0 bridgehead atoms. The summed E-state index contributed by atoms with van der Waals surface area (Å²) in [6.07, 6.45) is 3.45. The molecule has 0 spiro atoms. The van der Waals surface area contributed by atoms with Crippen molar-refractivity contribution in [3.63, 3.8) is 0 Å². The predicted molar refractivity (Wildman–Crippen MR) is 87.6 cm³/mol. The van der Waals surface area contributed by atoms with E-state index in [-0.39, 0.29) is 11.5 Å². The Balaban J connectivity index is 1.81. The molecule has 0 amide bonds. The molecule has 0 saturated heterocycles. The second-order valence-electron chi connectivity index (χ2n) is 4.63. The van der Waals surface area contributed by atoms with Crippen LogP contribution >= 0.6 is 15.9 Å². The maximum atomic E-state index is 11.6. The highest BCUT2D eigenvalue weighted by atomic mass is 79.9. The van der Waals surface area contributed by atoms with Crippen molar-refractivity contribution in [3.8, 4) is 11.5 Å². The van der Waals surface area contributed by atoms with E-state index in [0.717, 1.165) is 10.0 Å². The van der Waals surface area contributed by atoms with Crippen LogP contribution in [-0.2, 0) is 16.0 Å². The minimum atomic E-state index is -0.454. The molecule has 0 heterocycles. The highest BCUT2D eigenvalue weighted by Gasteiger charge is 2.01. The van der Waals surface area contributed by atoms with E-state index in [1.807, 2.05) is 24.3 Å². The first kappa shape index (κ1) is 16.1. The molecule has 2 aromatic carbocycles. The number of phenols is 2. The van der Waals surface area contributed by atoms with Gasteiger partial charge in [-0.25, -0.2) is 4.79 Å². The van der Waals surface area contributed by atoms with E-state index in [9.17, 15) is 15.0 Å². The Kier molecular flexibility index (Phi) is 5.61. The van der Waals surface area contributed by atoms with Gasteiger partial charge in [-0.1, -0.05) is 34.1 Å². The van der Waals surface area contributed by atoms with Crippen LogP contribution in [0.2, 0.25) is 0 Å². The van der Waals surface area contributed by atoms with E-state index in [2.05, 4.69) is 15.9 Å². The van der Waals surface area contributed by atoms with Crippen LogP contribution in [0.25, 0.3) is 6.08 Å². The first-order valence-corrected chi connectivity index (χ1v) is 7.45. The lowest BCUT2D eigenvalue weighted by Crippen LogP contribution is -2.04. The highest BCUT2D eigenvalue weighted by Crippen LogP contribution is 2.25. The van der Waals surface area contributed by atoms with Gasteiger partial charge in [-0.15, -0.1) is 0 Å². The van der Waals surface area contributed by atoms with E-state index in [1.54, 1.807) is 6.07 Å². The number of benzene rings is 2. The number of hydrogen-bond acceptors (Lipinski definition) is 4. The molecule has 2 aromatic rings. The standard InChI is InChI=1S/C17H15BrO4/c18-14-5-1-12(2-6-14)9-10-22-17(21)8-4-13-3-7-15(19)16(20)11-13/h1-8,11,19-20H,9-10H2/b8-4+. The SMILES string of the molecule is O=C(/C=C/c1ccc(O)c(O)c1)OCCc1ccc(Br)cc1. The average Bonchev–Trinajstić information content (AvgIpc) is 2.50. The average molecular weight is 363 g/mol. The topological polar surface area (TPSA) is 66.8 Å². The zero-order valence-corrected chi connectivity index (χ0v) is 13.3. The summed E-state index contributed by atoms with van der Waals surface area (Å²) in [4.78, 5) is 11.6. The lowest BCUT2D eigenvalue weighted by molar-refractivity contribution is -0.137. The molecule has 4 nitrogen and oxygen atoms in total. The van der Waals surface area contributed by atoms with E-state index in [0.29, 0.717) is 18.6 Å². The van der Waals surface area contributed by atoms with Crippen molar-refractivity contribution in [2.24, 2.45) is 0 Å². The predicted octanol–water partition coefficient (Wildman–Crippen LogP) is 3.66. The Morgan fingerprint density at radius 1 is 1.09 bits per heavy atom. The summed E-state index contributed by atoms with van der Waals surface area (Å²) in [5.74, 6) is -0.885. The lowest BCUT2D eigenvalue weighted by Gasteiger charge is -2.03. The fourth-order valence-corrected chi connectivity index (χ4v) is 2.04. The van der Waals surface area contributed by atoms with Gasteiger partial charge in [0.1, 0.15) is 0 Å². The zero-order valence-electron chi connectivity index (χ0n) is 11.7. The Labute approximate surface area is 136 Å². The zero-order chi connectivity index (χ0) is 15.9. The second kappa shape index (κ2) is 7.66. The molecule has 0 radical (unpaired) electrons. The normalized spacial score (nSPS) is 10.8. The summed E-state index contributed by atoms with van der Waals surface area (Å²) < 4.78 is 6.11. The summed E-state index contributed by atoms with van der Waals surface area (Å²) in [6.45, 7) is 0.297. The summed E-state index contributed by atoms with van der Waals surface area (Å²) in [5, 5.41) is 18.5. The van der Waals surface area contributed by atoms with Crippen molar-refractivity contribution < 1.29 is 19.7 Å². The molecule has 0 atom stereocenters. The van der Waals surface area contributed by atoms with Crippen LogP contribution in [0.5, 0.6) is 11.5 Å². The van der Waals surface area contributed by atoms with Crippen molar-refractivity contribution in [1.82, 2.24) is 0 Å². The van der Waals surface area contributed by atoms with E-state index in [4.69, 9.17) is 4.74 Å². The fourth-order valence-electron chi connectivity index (χ4n) is 1.78. The molecule has 0 aliphatic heterocycles. The fraction of sp³-hybridized carbons (Fsp3) is 0.118. The quantitative estimate of drug-likeness (QED) is 0.483. The molecule has 114 valence electrons. The molecule has 0 aliphatic rings. The Morgan fingerprint density at radius 3 is 2.50 bits per heavy atom. The molecule has 2 N–H and O–H groups in total. The van der Waals surface area contributed by atoms with Gasteiger partial charge >= 0.3 is 5.97 Å². The summed E-state index contributed by atoms with van der Waals surface area (Å²) >= 11 is 3.36. The first-order valence-electron chi connectivity index (χ1n) is 6.66. The Hall–Kier alpha value is -2.27. The molecular formula is C17H15BrO4. The third-order valence-corrected chi connectivity index (χ3v) is 3.49. The molecule has 0 saturated carbocycles. The third kappa shape index (κ3) is 4.93. The van der Waals surface area contributed by atoms with Crippen LogP contribution in [0.15, 0.2) is 53.0 Å². The Bertz CT molecular complexity index is 678. The summed E-state index contributed by atoms with van der Waals surface area (Å²) in [5.41, 5.74) is 1.68. The van der Waals surface area contributed by atoms with Gasteiger partial charge in [0.15, 0.2) is 11.5 Å². The van der Waals surface area contributed by atoms with Gasteiger partial charge in [0.05, 0.1) is 6.61 Å². The number of carbonyl (C=O) groups is 1. The number of esters is 1. The lowest BCUT2D eigenvalue weighted by atomic mass is 10.2. The first-order chi connectivity index (χ1) is 10.5. The maximum absolute atomic E-state index is 11.6. The molecule has 0 fully saturated rings. The van der Waals surface area contributed by atoms with Gasteiger partial charge in [0, 0.05) is 17.0 Å². The largest absolute Gasteiger partial charge is 0.504 e. The minimum Gasteiger partial charge on any atom is -0.504 e. The number of aromatic hydroxyl groups is 2. The van der Waals surface area contributed by atoms with Gasteiger partial charge in [0.25, 0.3) is 0 Å². The van der Waals surface area contributed by atoms with Crippen molar-refractivity contribution in [2.75, 3.05) is 6.61 Å². The molecule has 22 heavy (non-hydrogen) atoms. The van der Waals surface area contributed by atoms with Gasteiger partial charge < -0.3 is 14.9 Å². The minimum absolute atomic E-state index is 0.200. The number of carbonyl (C=O) groups excluding carboxylic acids is 1. The summed E-state index contributed by atoms with van der Waals surface area (Å²) in [6, 6.07) is 12.1. The van der Waals surface area contributed by atoms with E-state index >= 15 is 0 Å². The maximum Gasteiger partial charge on any atom is 0.330 e. The van der Waals surface area contributed by atoms with Gasteiger partial charge in [-0.05, 0) is 41.5 Å². The van der Waals surface area contributed by atoms with Gasteiger partial charge in [0.2, 0.25) is 0 Å². The molecule has 2 rings (SSSR count). The molecular weight excluding hydrogens is 348 g/mol. The van der Waals surface area contributed by atoms with Crippen LogP contribution in [0, 0.1) is 0 Å². The molecule has 0 aromatic heterocycles. The van der Waals surface area contributed by atoms with Crippen molar-refractivity contribution in [1.29, 1.82) is 0 Å². The monoisotopic (exact) mass is 362 g/mol. The Morgan fingerprint density at radius 2 is 1.82 bits per heavy atom. The highest BCUT2D eigenvalue weighted by molar-refractivity contribution is 9.10. The number of rotatable bonds is 5. The van der Waals surface area contributed by atoms with Crippen LogP contribution < -0.4 is 0 Å². The second-order valence-corrected chi connectivity index (χ2v) is 5.54. The van der Waals surface area contributed by atoms with Crippen molar-refractivity contribution in [2.45, 2.75) is 6.42 Å². The molecule has 0 unspecified atom stereocenters. The summed E-state index contributed by atoms with van der Waals surface area (Å²) in [7, 11) is 0. The van der Waals surface area contributed by atoms with E-state index < -0.39 is 5.97 Å². The molecule has 0 aliphatic carbocycles. The van der Waals surface area contributed by atoms with E-state index in [1.165, 1.54) is 24.3 Å². The number of ether oxygens (including phenoxy) is 1. The smallest absolute Gasteiger partial charge is 0.330 e. The van der Waals surface area contributed by atoms with Gasteiger partial charge in [-0.3, -0.25) is 0 Å². The van der Waals surface area contributed by atoms with Gasteiger partial charge in [-0.2, -0.15) is 0 Å². The third-order valence-electron chi connectivity index (χ3n) is 2.96. The van der Waals surface area contributed by atoms with Crippen molar-refractivity contribution in [3.05, 3.63) is 64.1 Å². The van der Waals surface area contributed by atoms with Crippen LogP contribution in [0.1, 0.15) is 11.1 Å². The van der Waals surface area contributed by atoms with Crippen LogP contribution in [-0.4, -0.2) is 22.8 Å². The number of hydrogen-bond donors (Lipinski definition) is 2. The van der Waals surface area contributed by atoms with Crippen molar-refractivity contribution >= 4 is 28.0 Å². The number of halogens is 1. The van der Waals surface area contributed by atoms with Crippen LogP contribution in [0.4, 0.5) is 0 Å². The van der Waals surface area contributed by atoms with Crippen LogP contribution in [0.3, 0.4) is 0 Å².